The maximum Gasteiger partial charge on any atom is 0.227 e. The molecule has 0 bridgehead atoms. The molecule has 17 heavy (non-hydrogen) atoms. The van der Waals surface area contributed by atoms with Crippen LogP contribution < -0.4 is 10.2 Å². The van der Waals surface area contributed by atoms with E-state index in [1.165, 1.54) is 19.3 Å². The number of hydrogen-bond acceptors (Lipinski definition) is 4. The van der Waals surface area contributed by atoms with Crippen molar-refractivity contribution in [3.63, 3.8) is 0 Å². The summed E-state index contributed by atoms with van der Waals surface area (Å²) in [6.07, 6.45) is 6.87. The lowest BCUT2D eigenvalue weighted by molar-refractivity contribution is 0.568. The van der Waals surface area contributed by atoms with Crippen molar-refractivity contribution in [1.29, 1.82) is 0 Å². The van der Waals surface area contributed by atoms with Crippen LogP contribution in [-0.2, 0) is 0 Å². The van der Waals surface area contributed by atoms with Crippen LogP contribution in [0.4, 0.5) is 11.8 Å². The molecule has 4 nitrogen and oxygen atoms in total. The lowest BCUT2D eigenvalue weighted by Crippen LogP contribution is -2.31. The van der Waals surface area contributed by atoms with Crippen molar-refractivity contribution >= 4 is 34.4 Å². The lowest BCUT2D eigenvalue weighted by atomic mass is 10.1. The van der Waals surface area contributed by atoms with E-state index in [4.69, 9.17) is 0 Å². The number of hydrogen-bond donors (Lipinski definition) is 1. The van der Waals surface area contributed by atoms with Crippen LogP contribution in [-0.4, -0.2) is 29.6 Å². The highest BCUT2D eigenvalue weighted by molar-refractivity contribution is 14.1. The summed E-state index contributed by atoms with van der Waals surface area (Å²) in [5.41, 5.74) is 0. The summed E-state index contributed by atoms with van der Waals surface area (Å²) in [5.74, 6) is 1.85. The molecule has 1 saturated heterocycles. The number of piperidine rings is 1. The van der Waals surface area contributed by atoms with Gasteiger partial charge in [0.05, 0.1) is 3.57 Å². The van der Waals surface area contributed by atoms with Crippen LogP contribution in [0.3, 0.4) is 0 Å². The van der Waals surface area contributed by atoms with E-state index >= 15 is 0 Å². The predicted molar refractivity (Wildman–Crippen MR) is 79.6 cm³/mol. The number of aromatic nitrogens is 2. The fraction of sp³-hybridized carbons (Fsp3) is 0.667. The topological polar surface area (TPSA) is 41.1 Å². The van der Waals surface area contributed by atoms with E-state index in [0.717, 1.165) is 41.4 Å². The van der Waals surface area contributed by atoms with Crippen molar-refractivity contribution in [1.82, 2.24) is 9.97 Å². The zero-order valence-electron chi connectivity index (χ0n) is 10.2. The van der Waals surface area contributed by atoms with E-state index in [-0.39, 0.29) is 0 Å². The van der Waals surface area contributed by atoms with E-state index in [2.05, 4.69) is 49.7 Å². The average molecular weight is 346 g/mol. The number of halogens is 1. The maximum absolute atomic E-state index is 4.63. The minimum absolute atomic E-state index is 0.878. The fourth-order valence-electron chi connectivity index (χ4n) is 1.97. The molecule has 2 heterocycles. The molecule has 1 aliphatic rings. The Balaban J connectivity index is 2.11. The Kier molecular flexibility index (Phi) is 4.82. The number of rotatable bonds is 4. The second-order valence-electron chi connectivity index (χ2n) is 4.34. The Hall–Kier alpha value is -0.590. The van der Waals surface area contributed by atoms with Gasteiger partial charge in [0.25, 0.3) is 0 Å². The SMILES string of the molecule is CCCNc1nc(N2CCCCC2)ncc1I. The highest BCUT2D eigenvalue weighted by atomic mass is 127. The van der Waals surface area contributed by atoms with Gasteiger partial charge < -0.3 is 10.2 Å². The first-order valence-electron chi connectivity index (χ1n) is 6.32. The van der Waals surface area contributed by atoms with Crippen LogP contribution in [0.15, 0.2) is 6.20 Å². The highest BCUT2D eigenvalue weighted by Gasteiger charge is 2.14. The average Bonchev–Trinajstić information content (AvgIpc) is 2.39. The summed E-state index contributed by atoms with van der Waals surface area (Å²) in [7, 11) is 0. The standard InChI is InChI=1S/C12H19IN4/c1-2-6-14-11-10(13)9-15-12(16-11)17-7-4-3-5-8-17/h9H,2-8H2,1H3,(H,14,15,16). The Labute approximate surface area is 116 Å². The van der Waals surface area contributed by atoms with Gasteiger partial charge >= 0.3 is 0 Å². The molecule has 1 aliphatic heterocycles. The van der Waals surface area contributed by atoms with Gasteiger partial charge in [0.1, 0.15) is 5.82 Å². The molecule has 1 fully saturated rings. The van der Waals surface area contributed by atoms with Gasteiger partial charge in [0.15, 0.2) is 0 Å². The van der Waals surface area contributed by atoms with Crippen molar-refractivity contribution in [3.8, 4) is 0 Å². The molecular formula is C12H19IN4. The summed E-state index contributed by atoms with van der Waals surface area (Å²) in [6.45, 7) is 5.31. The minimum atomic E-state index is 0.878. The van der Waals surface area contributed by atoms with Gasteiger partial charge in [-0.1, -0.05) is 6.92 Å². The third-order valence-electron chi connectivity index (χ3n) is 2.91. The van der Waals surface area contributed by atoms with Crippen molar-refractivity contribution in [2.45, 2.75) is 32.6 Å². The first kappa shape index (κ1) is 12.9. The molecule has 0 aromatic carbocycles. The molecule has 0 unspecified atom stereocenters. The molecule has 5 heteroatoms. The number of nitrogens with one attached hydrogen (secondary N) is 1. The van der Waals surface area contributed by atoms with E-state index in [1.807, 2.05) is 6.20 Å². The molecule has 1 aromatic heterocycles. The predicted octanol–water partition coefficient (Wildman–Crippen LogP) is 2.89. The monoisotopic (exact) mass is 346 g/mol. The van der Waals surface area contributed by atoms with Crippen molar-refractivity contribution in [2.75, 3.05) is 29.9 Å². The minimum Gasteiger partial charge on any atom is -0.369 e. The van der Waals surface area contributed by atoms with Gasteiger partial charge in [-0.05, 0) is 48.3 Å². The van der Waals surface area contributed by atoms with Gasteiger partial charge in [0.2, 0.25) is 5.95 Å². The Morgan fingerprint density at radius 2 is 2.12 bits per heavy atom. The number of nitrogens with zero attached hydrogens (tertiary/aromatic N) is 3. The van der Waals surface area contributed by atoms with Crippen LogP contribution in [0, 0.1) is 3.57 Å². The van der Waals surface area contributed by atoms with Gasteiger partial charge in [-0.2, -0.15) is 4.98 Å². The van der Waals surface area contributed by atoms with Crippen LogP contribution in [0.1, 0.15) is 32.6 Å². The third-order valence-corrected chi connectivity index (χ3v) is 3.70. The molecule has 0 radical (unpaired) electrons. The van der Waals surface area contributed by atoms with Gasteiger partial charge in [-0.3, -0.25) is 0 Å². The Morgan fingerprint density at radius 1 is 1.35 bits per heavy atom. The molecule has 0 spiro atoms. The first-order chi connectivity index (χ1) is 8.31. The van der Waals surface area contributed by atoms with Gasteiger partial charge in [-0.25, -0.2) is 4.98 Å². The van der Waals surface area contributed by atoms with Gasteiger partial charge in [0, 0.05) is 25.8 Å². The summed E-state index contributed by atoms with van der Waals surface area (Å²) in [5, 5.41) is 3.36. The number of anilines is 2. The lowest BCUT2D eigenvalue weighted by Gasteiger charge is -2.26. The van der Waals surface area contributed by atoms with Gasteiger partial charge in [-0.15, -0.1) is 0 Å². The van der Waals surface area contributed by atoms with Crippen LogP contribution in [0.2, 0.25) is 0 Å². The molecule has 2 rings (SSSR count). The maximum atomic E-state index is 4.63. The molecular weight excluding hydrogens is 327 g/mol. The fourth-order valence-corrected chi connectivity index (χ4v) is 2.42. The summed E-state index contributed by atoms with van der Waals surface area (Å²) in [4.78, 5) is 11.4. The van der Waals surface area contributed by atoms with Crippen LogP contribution >= 0.6 is 22.6 Å². The third kappa shape index (κ3) is 3.43. The molecule has 1 N–H and O–H groups in total. The van der Waals surface area contributed by atoms with E-state index < -0.39 is 0 Å². The Morgan fingerprint density at radius 3 is 2.82 bits per heavy atom. The van der Waals surface area contributed by atoms with Crippen LogP contribution in [0.25, 0.3) is 0 Å². The molecule has 0 atom stereocenters. The Bertz CT molecular complexity index is 364. The second-order valence-corrected chi connectivity index (χ2v) is 5.50. The zero-order chi connectivity index (χ0) is 12.1. The summed E-state index contributed by atoms with van der Waals surface area (Å²) >= 11 is 2.28. The largest absolute Gasteiger partial charge is 0.369 e. The van der Waals surface area contributed by atoms with Crippen molar-refractivity contribution in [2.24, 2.45) is 0 Å². The first-order valence-corrected chi connectivity index (χ1v) is 7.40. The zero-order valence-corrected chi connectivity index (χ0v) is 12.4. The van der Waals surface area contributed by atoms with Crippen LogP contribution in [0.5, 0.6) is 0 Å². The summed E-state index contributed by atoms with van der Waals surface area (Å²) in [6, 6.07) is 0. The smallest absolute Gasteiger partial charge is 0.227 e. The molecule has 94 valence electrons. The highest BCUT2D eigenvalue weighted by Crippen LogP contribution is 2.20. The second kappa shape index (κ2) is 6.37. The summed E-state index contributed by atoms with van der Waals surface area (Å²) < 4.78 is 1.09. The normalized spacial score (nSPS) is 16.0. The molecule has 0 aliphatic carbocycles. The molecule has 1 aromatic rings. The van der Waals surface area contributed by atoms with E-state index in [0.29, 0.717) is 0 Å². The molecule has 0 amide bonds. The van der Waals surface area contributed by atoms with Crippen molar-refractivity contribution < 1.29 is 0 Å². The van der Waals surface area contributed by atoms with E-state index in [1.54, 1.807) is 0 Å². The van der Waals surface area contributed by atoms with Crippen molar-refractivity contribution in [3.05, 3.63) is 9.77 Å². The molecule has 0 saturated carbocycles. The van der Waals surface area contributed by atoms with E-state index in [9.17, 15) is 0 Å². The quantitative estimate of drug-likeness (QED) is 0.852.